The van der Waals surface area contributed by atoms with Crippen LogP contribution in [0.15, 0.2) is 17.1 Å². The van der Waals surface area contributed by atoms with E-state index in [2.05, 4.69) is 60.5 Å². The Morgan fingerprint density at radius 1 is 1.43 bits per heavy atom. The molecule has 1 unspecified atom stereocenters. The van der Waals surface area contributed by atoms with Gasteiger partial charge in [0.15, 0.2) is 5.96 Å². The van der Waals surface area contributed by atoms with E-state index in [1.54, 1.807) is 0 Å². The molecule has 1 aromatic rings. The lowest BCUT2D eigenvalue weighted by atomic mass is 10.3. The second-order valence-corrected chi connectivity index (χ2v) is 7.21. The zero-order valence-electron chi connectivity index (χ0n) is 13.6. The Kier molecular flexibility index (Phi) is 6.06. The summed E-state index contributed by atoms with van der Waals surface area (Å²) in [5.41, 5.74) is 0. The number of thiophene rings is 1. The second kappa shape index (κ2) is 7.80. The monoisotopic (exact) mass is 308 g/mol. The maximum Gasteiger partial charge on any atom is 0.191 e. The lowest BCUT2D eigenvalue weighted by molar-refractivity contribution is 0.247. The first kappa shape index (κ1) is 16.3. The van der Waals surface area contributed by atoms with Crippen LogP contribution < -0.4 is 10.6 Å². The molecular formula is C16H28N4S. The summed E-state index contributed by atoms with van der Waals surface area (Å²) in [6.07, 6.45) is 2.71. The van der Waals surface area contributed by atoms with E-state index in [0.717, 1.165) is 31.6 Å². The maximum atomic E-state index is 4.68. The van der Waals surface area contributed by atoms with E-state index in [9.17, 15) is 0 Å². The quantitative estimate of drug-likeness (QED) is 0.601. The summed E-state index contributed by atoms with van der Waals surface area (Å²) in [6, 6.07) is 5.65. The summed E-state index contributed by atoms with van der Waals surface area (Å²) in [7, 11) is 2.22. The molecule has 0 bridgehead atoms. The van der Waals surface area contributed by atoms with Crippen LogP contribution in [0.25, 0.3) is 0 Å². The van der Waals surface area contributed by atoms with E-state index in [4.69, 9.17) is 0 Å². The topological polar surface area (TPSA) is 39.7 Å². The lowest BCUT2D eigenvalue weighted by Crippen LogP contribution is -2.45. The van der Waals surface area contributed by atoms with Gasteiger partial charge in [-0.05, 0) is 52.8 Å². The van der Waals surface area contributed by atoms with Crippen molar-refractivity contribution >= 4 is 17.3 Å². The Morgan fingerprint density at radius 3 is 2.76 bits per heavy atom. The van der Waals surface area contributed by atoms with Gasteiger partial charge in [0.1, 0.15) is 0 Å². The number of guanidine groups is 1. The van der Waals surface area contributed by atoms with Crippen LogP contribution in [0.3, 0.4) is 0 Å². The minimum atomic E-state index is 0.533. The van der Waals surface area contributed by atoms with Crippen LogP contribution in [0.1, 0.15) is 36.4 Å². The molecule has 1 aliphatic rings. The van der Waals surface area contributed by atoms with E-state index < -0.39 is 0 Å². The molecule has 4 nitrogen and oxygen atoms in total. The molecule has 1 atom stereocenters. The number of hydrogen-bond donors (Lipinski definition) is 2. The molecule has 21 heavy (non-hydrogen) atoms. The van der Waals surface area contributed by atoms with E-state index >= 15 is 0 Å². The molecule has 0 radical (unpaired) electrons. The minimum absolute atomic E-state index is 0.533. The molecule has 118 valence electrons. The second-order valence-electron chi connectivity index (χ2n) is 5.83. The molecular weight excluding hydrogens is 280 g/mol. The summed E-state index contributed by atoms with van der Waals surface area (Å²) in [5, 5.41) is 6.79. The fourth-order valence-corrected chi connectivity index (χ4v) is 3.11. The van der Waals surface area contributed by atoms with Crippen molar-refractivity contribution in [1.82, 2.24) is 15.5 Å². The molecule has 1 saturated carbocycles. The van der Waals surface area contributed by atoms with Crippen molar-refractivity contribution in [3.05, 3.63) is 21.9 Å². The van der Waals surface area contributed by atoms with Crippen molar-refractivity contribution in [2.45, 2.75) is 52.2 Å². The molecule has 0 aromatic carbocycles. The zero-order valence-corrected chi connectivity index (χ0v) is 14.5. The third-order valence-electron chi connectivity index (χ3n) is 3.92. The van der Waals surface area contributed by atoms with E-state index in [0.29, 0.717) is 6.04 Å². The van der Waals surface area contributed by atoms with Crippen LogP contribution in [0, 0.1) is 6.92 Å². The Hall–Kier alpha value is -1.07. The minimum Gasteiger partial charge on any atom is -0.357 e. The standard InChI is InChI=1S/C16H28N4S/c1-5-17-16(19-11-15-9-6-13(3)21-15)18-10-12(2)20(4)14-7-8-14/h6,9,12,14H,5,7-8,10-11H2,1-4H3,(H2,17,18,19). The van der Waals surface area contributed by atoms with Gasteiger partial charge in [0, 0.05) is 34.9 Å². The van der Waals surface area contributed by atoms with Gasteiger partial charge in [0.25, 0.3) is 0 Å². The van der Waals surface area contributed by atoms with Crippen molar-refractivity contribution in [3.63, 3.8) is 0 Å². The normalized spacial score (nSPS) is 17.1. The summed E-state index contributed by atoms with van der Waals surface area (Å²) in [6.45, 7) is 9.09. The van der Waals surface area contributed by atoms with E-state index in [1.807, 2.05) is 11.3 Å². The van der Waals surface area contributed by atoms with Gasteiger partial charge in [-0.25, -0.2) is 4.99 Å². The molecule has 0 amide bonds. The van der Waals surface area contributed by atoms with Gasteiger partial charge in [-0.3, -0.25) is 4.90 Å². The van der Waals surface area contributed by atoms with Crippen molar-refractivity contribution in [2.24, 2.45) is 4.99 Å². The first-order valence-electron chi connectivity index (χ1n) is 7.89. The number of aryl methyl sites for hydroxylation is 1. The van der Waals surface area contributed by atoms with Crippen LogP contribution in [-0.4, -0.2) is 43.1 Å². The SMILES string of the molecule is CCNC(=NCc1ccc(C)s1)NCC(C)N(C)C1CC1. The van der Waals surface area contributed by atoms with Gasteiger partial charge < -0.3 is 10.6 Å². The molecule has 2 N–H and O–H groups in total. The van der Waals surface area contributed by atoms with Gasteiger partial charge in [-0.1, -0.05) is 0 Å². The van der Waals surface area contributed by atoms with Crippen molar-refractivity contribution in [1.29, 1.82) is 0 Å². The molecule has 0 saturated heterocycles. The van der Waals surface area contributed by atoms with Crippen LogP contribution >= 0.6 is 11.3 Å². The molecule has 2 rings (SSSR count). The highest BCUT2D eigenvalue weighted by molar-refractivity contribution is 7.11. The molecule has 1 aliphatic carbocycles. The van der Waals surface area contributed by atoms with Crippen LogP contribution in [-0.2, 0) is 6.54 Å². The number of nitrogens with one attached hydrogen (secondary N) is 2. The smallest absolute Gasteiger partial charge is 0.191 e. The van der Waals surface area contributed by atoms with Crippen LogP contribution in [0.2, 0.25) is 0 Å². The first-order valence-corrected chi connectivity index (χ1v) is 8.71. The largest absolute Gasteiger partial charge is 0.357 e. The van der Waals surface area contributed by atoms with Gasteiger partial charge in [0.05, 0.1) is 6.54 Å². The lowest BCUT2D eigenvalue weighted by Gasteiger charge is -2.25. The Labute approximate surface area is 132 Å². The molecule has 0 spiro atoms. The van der Waals surface area contributed by atoms with E-state index in [-0.39, 0.29) is 0 Å². The molecule has 1 heterocycles. The fraction of sp³-hybridized carbons (Fsp3) is 0.688. The molecule has 1 fully saturated rings. The average Bonchev–Trinajstić information content (AvgIpc) is 3.23. The predicted octanol–water partition coefficient (Wildman–Crippen LogP) is 2.59. The van der Waals surface area contributed by atoms with Gasteiger partial charge in [-0.15, -0.1) is 11.3 Å². The maximum absolute atomic E-state index is 4.68. The van der Waals surface area contributed by atoms with E-state index in [1.165, 1.54) is 22.6 Å². The number of hydrogen-bond acceptors (Lipinski definition) is 3. The third-order valence-corrected chi connectivity index (χ3v) is 4.90. The average molecular weight is 308 g/mol. The molecule has 0 aliphatic heterocycles. The number of likely N-dealkylation sites (N-methyl/N-ethyl adjacent to an activating group) is 1. The summed E-state index contributed by atoms with van der Waals surface area (Å²) >= 11 is 1.82. The van der Waals surface area contributed by atoms with Gasteiger partial charge in [-0.2, -0.15) is 0 Å². The number of aliphatic imine (C=N–C) groups is 1. The molecule has 5 heteroatoms. The third kappa shape index (κ3) is 5.32. The Bertz CT molecular complexity index is 465. The van der Waals surface area contributed by atoms with Gasteiger partial charge >= 0.3 is 0 Å². The highest BCUT2D eigenvalue weighted by atomic mass is 32.1. The number of nitrogens with zero attached hydrogens (tertiary/aromatic N) is 2. The van der Waals surface area contributed by atoms with Crippen molar-refractivity contribution in [3.8, 4) is 0 Å². The number of rotatable bonds is 7. The predicted molar refractivity (Wildman–Crippen MR) is 92.1 cm³/mol. The zero-order chi connectivity index (χ0) is 15.2. The van der Waals surface area contributed by atoms with Crippen LogP contribution in [0.4, 0.5) is 0 Å². The molecule has 1 aromatic heterocycles. The first-order chi connectivity index (χ1) is 10.1. The van der Waals surface area contributed by atoms with Gasteiger partial charge in [0.2, 0.25) is 0 Å². The Balaban J connectivity index is 1.82. The highest BCUT2D eigenvalue weighted by Crippen LogP contribution is 2.26. The summed E-state index contributed by atoms with van der Waals surface area (Å²) < 4.78 is 0. The summed E-state index contributed by atoms with van der Waals surface area (Å²) in [4.78, 5) is 9.80. The fourth-order valence-electron chi connectivity index (χ4n) is 2.30. The van der Waals surface area contributed by atoms with Crippen molar-refractivity contribution < 1.29 is 0 Å². The van der Waals surface area contributed by atoms with Crippen molar-refractivity contribution in [2.75, 3.05) is 20.1 Å². The summed E-state index contributed by atoms with van der Waals surface area (Å²) in [5.74, 6) is 0.916. The Morgan fingerprint density at radius 2 is 2.19 bits per heavy atom. The van der Waals surface area contributed by atoms with Crippen LogP contribution in [0.5, 0.6) is 0 Å². The highest BCUT2D eigenvalue weighted by Gasteiger charge is 2.28.